The summed E-state index contributed by atoms with van der Waals surface area (Å²) in [5.41, 5.74) is 6.75. The molecule has 5 heteroatoms. The second-order valence-electron chi connectivity index (χ2n) is 5.33. The molecule has 1 rings (SSSR count). The van der Waals surface area contributed by atoms with Gasteiger partial charge < -0.3 is 15.7 Å². The van der Waals surface area contributed by atoms with Crippen LogP contribution in [-0.4, -0.2) is 29.6 Å². The molecule has 0 saturated heterocycles. The van der Waals surface area contributed by atoms with Gasteiger partial charge in [-0.15, -0.1) is 0 Å². The van der Waals surface area contributed by atoms with E-state index < -0.39 is 0 Å². The highest BCUT2D eigenvalue weighted by Gasteiger charge is 2.12. The molecule has 0 saturated carbocycles. The first-order valence-electron chi connectivity index (χ1n) is 6.42. The lowest BCUT2D eigenvalue weighted by molar-refractivity contribution is 0.292. The fourth-order valence-electron chi connectivity index (χ4n) is 1.81. The zero-order valence-corrected chi connectivity index (χ0v) is 13.2. The highest BCUT2D eigenvalue weighted by atomic mass is 35.5. The Labute approximate surface area is 125 Å². The topological polar surface area (TPSA) is 49.5 Å². The Morgan fingerprint density at radius 1 is 1.32 bits per heavy atom. The number of phenols is 1. The maximum absolute atomic E-state index is 9.89. The van der Waals surface area contributed by atoms with Crippen molar-refractivity contribution in [1.29, 1.82) is 0 Å². The molecule has 108 valence electrons. The quantitative estimate of drug-likeness (QED) is 0.845. The maximum Gasteiger partial charge on any atom is 0.138 e. The van der Waals surface area contributed by atoms with Crippen molar-refractivity contribution >= 4 is 23.2 Å². The Bertz CT molecular complexity index is 424. The number of benzene rings is 1. The van der Waals surface area contributed by atoms with Gasteiger partial charge in [-0.25, -0.2) is 0 Å². The van der Waals surface area contributed by atoms with E-state index in [-0.39, 0.29) is 16.8 Å². The van der Waals surface area contributed by atoms with E-state index >= 15 is 0 Å². The smallest absolute Gasteiger partial charge is 0.138 e. The Balaban J connectivity index is 2.60. The average Bonchev–Trinajstić information content (AvgIpc) is 2.32. The van der Waals surface area contributed by atoms with E-state index in [0.29, 0.717) is 17.5 Å². The van der Waals surface area contributed by atoms with E-state index in [1.165, 1.54) is 6.07 Å². The molecule has 0 aliphatic heterocycles. The predicted molar refractivity (Wildman–Crippen MR) is 81.9 cm³/mol. The maximum atomic E-state index is 9.89. The molecule has 0 fully saturated rings. The van der Waals surface area contributed by atoms with Gasteiger partial charge in [0.05, 0.1) is 5.02 Å². The average molecular weight is 305 g/mol. The summed E-state index contributed by atoms with van der Waals surface area (Å²) in [5, 5.41) is 10.7. The van der Waals surface area contributed by atoms with Crippen LogP contribution < -0.4 is 5.73 Å². The third-order valence-corrected chi connectivity index (χ3v) is 3.75. The van der Waals surface area contributed by atoms with Gasteiger partial charge in [-0.1, -0.05) is 37.0 Å². The SMILES string of the molecule is CC(C)C(N)CCN(C)Cc1cc(Cl)cc(Cl)c1O. The lowest BCUT2D eigenvalue weighted by atomic mass is 10.0. The largest absolute Gasteiger partial charge is 0.506 e. The summed E-state index contributed by atoms with van der Waals surface area (Å²) in [6.45, 7) is 5.69. The molecule has 0 spiro atoms. The zero-order chi connectivity index (χ0) is 14.6. The number of hydrogen-bond acceptors (Lipinski definition) is 3. The molecular weight excluding hydrogens is 283 g/mol. The minimum absolute atomic E-state index is 0.103. The molecule has 1 atom stereocenters. The van der Waals surface area contributed by atoms with Gasteiger partial charge in [-0.05, 0) is 38.1 Å². The number of nitrogens with two attached hydrogens (primary N) is 1. The summed E-state index contributed by atoms with van der Waals surface area (Å²) in [5.74, 6) is 0.577. The van der Waals surface area contributed by atoms with E-state index in [9.17, 15) is 5.11 Å². The number of rotatable bonds is 6. The summed E-state index contributed by atoms with van der Waals surface area (Å²) < 4.78 is 0. The summed E-state index contributed by atoms with van der Waals surface area (Å²) in [7, 11) is 1.99. The number of phenolic OH excluding ortho intramolecular Hbond substituents is 1. The molecule has 0 bridgehead atoms. The summed E-state index contributed by atoms with van der Waals surface area (Å²) in [6, 6.07) is 3.47. The fraction of sp³-hybridized carbons (Fsp3) is 0.571. The summed E-state index contributed by atoms with van der Waals surface area (Å²) >= 11 is 11.8. The van der Waals surface area contributed by atoms with Crippen LogP contribution in [0.5, 0.6) is 5.75 Å². The second-order valence-corrected chi connectivity index (χ2v) is 6.17. The first-order valence-corrected chi connectivity index (χ1v) is 7.18. The third-order valence-electron chi connectivity index (χ3n) is 3.25. The molecule has 0 aromatic heterocycles. The molecular formula is C14H22Cl2N2O. The highest BCUT2D eigenvalue weighted by Crippen LogP contribution is 2.31. The van der Waals surface area contributed by atoms with Crippen molar-refractivity contribution in [2.24, 2.45) is 11.7 Å². The number of halogens is 2. The van der Waals surface area contributed by atoms with Crippen LogP contribution in [-0.2, 0) is 6.54 Å². The molecule has 0 heterocycles. The lowest BCUT2D eigenvalue weighted by Gasteiger charge is -2.22. The molecule has 0 aliphatic carbocycles. The minimum Gasteiger partial charge on any atom is -0.506 e. The van der Waals surface area contributed by atoms with Gasteiger partial charge in [-0.2, -0.15) is 0 Å². The zero-order valence-electron chi connectivity index (χ0n) is 11.7. The van der Waals surface area contributed by atoms with Gasteiger partial charge >= 0.3 is 0 Å². The molecule has 0 amide bonds. The molecule has 1 aromatic carbocycles. The van der Waals surface area contributed by atoms with Crippen LogP contribution in [0.15, 0.2) is 12.1 Å². The van der Waals surface area contributed by atoms with Gasteiger partial charge in [-0.3, -0.25) is 0 Å². The monoisotopic (exact) mass is 304 g/mol. The highest BCUT2D eigenvalue weighted by molar-refractivity contribution is 6.35. The standard InChI is InChI=1S/C14H22Cl2N2O/c1-9(2)13(17)4-5-18(3)8-10-6-11(15)7-12(16)14(10)19/h6-7,9,13,19H,4-5,8,17H2,1-3H3. The van der Waals surface area contributed by atoms with Crippen LogP contribution in [0, 0.1) is 5.92 Å². The summed E-state index contributed by atoms with van der Waals surface area (Å²) in [6.07, 6.45) is 0.920. The van der Waals surface area contributed by atoms with E-state index in [1.54, 1.807) is 6.07 Å². The van der Waals surface area contributed by atoms with E-state index in [1.807, 2.05) is 7.05 Å². The summed E-state index contributed by atoms with van der Waals surface area (Å²) in [4.78, 5) is 2.10. The third kappa shape index (κ3) is 5.19. The number of hydrogen-bond donors (Lipinski definition) is 2. The van der Waals surface area contributed by atoms with E-state index in [4.69, 9.17) is 28.9 Å². The van der Waals surface area contributed by atoms with Crippen molar-refractivity contribution in [3.05, 3.63) is 27.7 Å². The van der Waals surface area contributed by atoms with Crippen molar-refractivity contribution in [1.82, 2.24) is 4.90 Å². The molecule has 19 heavy (non-hydrogen) atoms. The van der Waals surface area contributed by atoms with Crippen LogP contribution in [0.25, 0.3) is 0 Å². The van der Waals surface area contributed by atoms with Crippen LogP contribution >= 0.6 is 23.2 Å². The van der Waals surface area contributed by atoms with E-state index in [0.717, 1.165) is 18.5 Å². The van der Waals surface area contributed by atoms with Crippen molar-refractivity contribution < 1.29 is 5.11 Å². The van der Waals surface area contributed by atoms with Crippen molar-refractivity contribution in [3.63, 3.8) is 0 Å². The van der Waals surface area contributed by atoms with E-state index in [2.05, 4.69) is 18.7 Å². The van der Waals surface area contributed by atoms with Crippen molar-refractivity contribution in [3.8, 4) is 5.75 Å². The predicted octanol–water partition coefficient (Wildman–Crippen LogP) is 3.50. The van der Waals surface area contributed by atoms with Crippen molar-refractivity contribution in [2.75, 3.05) is 13.6 Å². The van der Waals surface area contributed by atoms with Crippen LogP contribution in [0.2, 0.25) is 10.0 Å². The molecule has 3 N–H and O–H groups in total. The van der Waals surface area contributed by atoms with Gasteiger partial charge in [0.25, 0.3) is 0 Å². The van der Waals surface area contributed by atoms with Crippen LogP contribution in [0.4, 0.5) is 0 Å². The first kappa shape index (κ1) is 16.6. The Hall–Kier alpha value is -0.480. The lowest BCUT2D eigenvalue weighted by Crippen LogP contribution is -2.31. The number of aromatic hydroxyl groups is 1. The minimum atomic E-state index is 0.103. The van der Waals surface area contributed by atoms with Gasteiger partial charge in [0.15, 0.2) is 0 Å². The molecule has 3 nitrogen and oxygen atoms in total. The molecule has 1 aromatic rings. The van der Waals surface area contributed by atoms with Crippen molar-refractivity contribution in [2.45, 2.75) is 32.9 Å². The number of nitrogens with zero attached hydrogens (tertiary/aromatic N) is 1. The van der Waals surface area contributed by atoms with Gasteiger partial charge in [0, 0.05) is 23.2 Å². The normalized spacial score (nSPS) is 13.3. The van der Waals surface area contributed by atoms with Gasteiger partial charge in [0.1, 0.15) is 5.75 Å². The molecule has 0 aliphatic rings. The second kappa shape index (κ2) is 7.34. The first-order chi connectivity index (χ1) is 8.81. The fourth-order valence-corrected chi connectivity index (χ4v) is 2.35. The van der Waals surface area contributed by atoms with Crippen LogP contribution in [0.1, 0.15) is 25.8 Å². The van der Waals surface area contributed by atoms with Gasteiger partial charge in [0.2, 0.25) is 0 Å². The Morgan fingerprint density at radius 3 is 2.53 bits per heavy atom. The van der Waals surface area contributed by atoms with Crippen LogP contribution in [0.3, 0.4) is 0 Å². The molecule has 1 unspecified atom stereocenters. The Morgan fingerprint density at radius 2 is 1.95 bits per heavy atom. The molecule has 0 radical (unpaired) electrons. The Kier molecular flexibility index (Phi) is 6.40.